The first-order valence-electron chi connectivity index (χ1n) is 12.4. The average molecular weight is 500 g/mol. The fourth-order valence-electron chi connectivity index (χ4n) is 5.67. The molecule has 1 atom stereocenters. The lowest BCUT2D eigenvalue weighted by Crippen LogP contribution is -2.45. The van der Waals surface area contributed by atoms with Crippen molar-refractivity contribution in [2.45, 2.75) is 42.9 Å². The zero-order valence-corrected chi connectivity index (χ0v) is 21.6. The van der Waals surface area contributed by atoms with Gasteiger partial charge in [-0.1, -0.05) is 55.5 Å². The third-order valence-corrected chi connectivity index (χ3v) is 9.92. The minimum atomic E-state index is -3.58. The quantitative estimate of drug-likeness (QED) is 0.591. The van der Waals surface area contributed by atoms with E-state index in [9.17, 15) is 18.3 Å². The molecule has 2 saturated heterocycles. The van der Waals surface area contributed by atoms with Gasteiger partial charge in [0, 0.05) is 32.1 Å². The maximum Gasteiger partial charge on any atom is 0.407 e. The number of nitrogens with zero attached hydrogens (tertiary/aromatic N) is 3. The first-order valence-corrected chi connectivity index (χ1v) is 13.8. The van der Waals surface area contributed by atoms with Gasteiger partial charge in [0.25, 0.3) is 0 Å². The van der Waals surface area contributed by atoms with Gasteiger partial charge in [0.2, 0.25) is 10.0 Å². The lowest BCUT2D eigenvalue weighted by atomic mass is 9.76. The minimum Gasteiger partial charge on any atom is -0.465 e. The highest BCUT2D eigenvalue weighted by molar-refractivity contribution is 7.89. The SMILES string of the molecule is CN(C[C@@](C)(CCN1CCC2(CC1)CCN(C(=O)O)C2)c1ccccc1)S(=O)(=O)c1ccccc1. The van der Waals surface area contributed by atoms with Crippen molar-refractivity contribution < 1.29 is 18.3 Å². The molecule has 0 aliphatic carbocycles. The number of hydrogen-bond acceptors (Lipinski definition) is 4. The molecule has 2 fully saturated rings. The van der Waals surface area contributed by atoms with Crippen LogP contribution in [-0.2, 0) is 15.4 Å². The summed E-state index contributed by atoms with van der Waals surface area (Å²) in [6, 6.07) is 18.8. The number of carboxylic acid groups (broad SMARTS) is 1. The number of likely N-dealkylation sites (N-methyl/N-ethyl adjacent to an activating group) is 1. The molecule has 2 aliphatic rings. The van der Waals surface area contributed by atoms with Crippen molar-refractivity contribution in [2.24, 2.45) is 5.41 Å². The van der Waals surface area contributed by atoms with Gasteiger partial charge in [-0.3, -0.25) is 0 Å². The van der Waals surface area contributed by atoms with E-state index in [0.29, 0.717) is 24.5 Å². The van der Waals surface area contributed by atoms with Crippen LogP contribution in [0.4, 0.5) is 4.79 Å². The molecule has 0 radical (unpaired) electrons. The van der Waals surface area contributed by atoms with Gasteiger partial charge in [-0.2, -0.15) is 0 Å². The van der Waals surface area contributed by atoms with E-state index in [1.807, 2.05) is 24.3 Å². The van der Waals surface area contributed by atoms with Crippen LogP contribution in [0, 0.1) is 5.41 Å². The lowest BCUT2D eigenvalue weighted by Gasteiger charge is -2.41. The molecule has 1 N–H and O–H groups in total. The predicted molar refractivity (Wildman–Crippen MR) is 137 cm³/mol. The van der Waals surface area contributed by atoms with Gasteiger partial charge < -0.3 is 14.9 Å². The Hall–Kier alpha value is -2.42. The van der Waals surface area contributed by atoms with E-state index in [1.54, 1.807) is 36.2 Å². The van der Waals surface area contributed by atoms with Crippen LogP contribution in [0.2, 0.25) is 0 Å². The number of amides is 1. The van der Waals surface area contributed by atoms with Crippen LogP contribution in [0.3, 0.4) is 0 Å². The summed E-state index contributed by atoms with van der Waals surface area (Å²) in [7, 11) is -1.91. The summed E-state index contributed by atoms with van der Waals surface area (Å²) in [6.45, 7) is 6.63. The largest absolute Gasteiger partial charge is 0.465 e. The minimum absolute atomic E-state index is 0.127. The summed E-state index contributed by atoms with van der Waals surface area (Å²) in [4.78, 5) is 15.7. The molecule has 0 saturated carbocycles. The molecule has 2 heterocycles. The van der Waals surface area contributed by atoms with E-state index in [1.165, 1.54) is 4.31 Å². The Morgan fingerprint density at radius 2 is 1.57 bits per heavy atom. The lowest BCUT2D eigenvalue weighted by molar-refractivity contribution is 0.0968. The van der Waals surface area contributed by atoms with Gasteiger partial charge in [-0.15, -0.1) is 0 Å². The maximum atomic E-state index is 13.2. The van der Waals surface area contributed by atoms with Crippen molar-refractivity contribution in [3.8, 4) is 0 Å². The molecule has 1 spiro atoms. The monoisotopic (exact) mass is 499 g/mol. The van der Waals surface area contributed by atoms with Crippen LogP contribution < -0.4 is 0 Å². The smallest absolute Gasteiger partial charge is 0.407 e. The third-order valence-electron chi connectivity index (χ3n) is 8.10. The maximum absolute atomic E-state index is 13.2. The molecule has 2 aromatic carbocycles. The summed E-state index contributed by atoms with van der Waals surface area (Å²) in [5, 5.41) is 9.33. The Morgan fingerprint density at radius 3 is 2.14 bits per heavy atom. The Kier molecular flexibility index (Phi) is 7.54. The van der Waals surface area contributed by atoms with Crippen molar-refractivity contribution in [2.75, 3.05) is 46.3 Å². The van der Waals surface area contributed by atoms with Crippen molar-refractivity contribution in [1.29, 1.82) is 0 Å². The van der Waals surface area contributed by atoms with E-state index >= 15 is 0 Å². The van der Waals surface area contributed by atoms with E-state index in [0.717, 1.165) is 50.9 Å². The van der Waals surface area contributed by atoms with E-state index < -0.39 is 16.1 Å². The predicted octanol–water partition coefficient (Wildman–Crippen LogP) is 4.12. The fraction of sp³-hybridized carbons (Fsp3) is 0.519. The standard InChI is InChI=1S/C27H37N3O4S/c1-26(23-9-5-3-6-10-23,21-28(2)35(33,34)24-11-7-4-8-12-24)13-17-29-18-14-27(15-19-29)16-20-30(22-27)25(31)32/h3-12H,13-22H2,1-2H3,(H,31,32)/t26-/m1/s1. The van der Waals surface area contributed by atoms with Crippen LogP contribution >= 0.6 is 0 Å². The molecule has 2 aliphatic heterocycles. The molecule has 4 rings (SSSR count). The molecule has 0 unspecified atom stereocenters. The number of piperidine rings is 1. The number of benzene rings is 2. The number of hydrogen-bond donors (Lipinski definition) is 1. The third kappa shape index (κ3) is 5.71. The second-order valence-electron chi connectivity index (χ2n) is 10.5. The second-order valence-corrected chi connectivity index (χ2v) is 12.6. The van der Waals surface area contributed by atoms with E-state index in [2.05, 4.69) is 24.0 Å². The van der Waals surface area contributed by atoms with Gasteiger partial charge in [0.05, 0.1) is 4.90 Å². The molecule has 7 nitrogen and oxygen atoms in total. The van der Waals surface area contributed by atoms with Gasteiger partial charge in [0.1, 0.15) is 0 Å². The number of sulfonamides is 1. The normalized spacial score (nSPS) is 20.3. The summed E-state index contributed by atoms with van der Waals surface area (Å²) >= 11 is 0. The second kappa shape index (κ2) is 10.3. The van der Waals surface area contributed by atoms with Crippen molar-refractivity contribution >= 4 is 16.1 Å². The summed E-state index contributed by atoms with van der Waals surface area (Å²) < 4.78 is 28.0. The van der Waals surface area contributed by atoms with Crippen LogP contribution in [0.1, 0.15) is 38.2 Å². The van der Waals surface area contributed by atoms with Gasteiger partial charge >= 0.3 is 6.09 Å². The fourth-order valence-corrected chi connectivity index (χ4v) is 6.98. The highest BCUT2D eigenvalue weighted by atomic mass is 32.2. The average Bonchev–Trinajstić information content (AvgIpc) is 3.29. The Morgan fingerprint density at radius 1 is 1.00 bits per heavy atom. The number of likely N-dealkylation sites (tertiary alicyclic amines) is 2. The molecular formula is C27H37N3O4S. The first kappa shape index (κ1) is 25.7. The van der Waals surface area contributed by atoms with E-state index in [-0.39, 0.29) is 10.8 Å². The first-order chi connectivity index (χ1) is 16.6. The molecule has 190 valence electrons. The zero-order chi connectivity index (χ0) is 25.1. The molecule has 0 aromatic heterocycles. The molecule has 1 amide bonds. The zero-order valence-electron chi connectivity index (χ0n) is 20.8. The summed E-state index contributed by atoms with van der Waals surface area (Å²) in [6.07, 6.45) is 3.01. The Balaban J connectivity index is 1.43. The van der Waals surface area contributed by atoms with E-state index in [4.69, 9.17) is 0 Å². The molecule has 35 heavy (non-hydrogen) atoms. The molecule has 0 bridgehead atoms. The highest BCUT2D eigenvalue weighted by Gasteiger charge is 2.42. The van der Waals surface area contributed by atoms with Crippen LogP contribution in [0.5, 0.6) is 0 Å². The molecular weight excluding hydrogens is 462 g/mol. The number of carbonyl (C=O) groups is 1. The van der Waals surface area contributed by atoms with Gasteiger partial charge in [0.15, 0.2) is 0 Å². The highest BCUT2D eigenvalue weighted by Crippen LogP contribution is 2.41. The molecule has 2 aromatic rings. The molecule has 8 heteroatoms. The topological polar surface area (TPSA) is 81.2 Å². The van der Waals surface area contributed by atoms with Crippen molar-refractivity contribution in [3.05, 3.63) is 66.2 Å². The van der Waals surface area contributed by atoms with Crippen LogP contribution in [0.15, 0.2) is 65.6 Å². The van der Waals surface area contributed by atoms with Crippen molar-refractivity contribution in [1.82, 2.24) is 14.1 Å². The van der Waals surface area contributed by atoms with Crippen LogP contribution in [-0.4, -0.2) is 80.0 Å². The Labute approximate surface area is 209 Å². The Bertz CT molecular complexity index is 1100. The van der Waals surface area contributed by atoms with Crippen LogP contribution in [0.25, 0.3) is 0 Å². The van der Waals surface area contributed by atoms with Gasteiger partial charge in [-0.25, -0.2) is 17.5 Å². The van der Waals surface area contributed by atoms with Gasteiger partial charge in [-0.05, 0) is 68.4 Å². The number of rotatable bonds is 8. The van der Waals surface area contributed by atoms with Crippen molar-refractivity contribution in [3.63, 3.8) is 0 Å². The summed E-state index contributed by atoms with van der Waals surface area (Å²) in [5.74, 6) is 0. The summed E-state index contributed by atoms with van der Waals surface area (Å²) in [5.41, 5.74) is 0.915.